The van der Waals surface area contributed by atoms with E-state index in [-0.39, 0.29) is 0 Å². The lowest BCUT2D eigenvalue weighted by molar-refractivity contribution is -0.0517. The number of nitrogens with zero attached hydrogens (tertiary/aromatic N) is 2. The van der Waals surface area contributed by atoms with Crippen LogP contribution in [0, 0.1) is 11.3 Å². The molecule has 0 N–H and O–H groups in total. The van der Waals surface area contributed by atoms with E-state index in [9.17, 15) is 18.0 Å². The first-order valence-electron chi connectivity index (χ1n) is 6.11. The van der Waals surface area contributed by atoms with E-state index < -0.39 is 21.6 Å². The van der Waals surface area contributed by atoms with E-state index in [1.807, 2.05) is 21.1 Å². The van der Waals surface area contributed by atoms with Crippen LogP contribution in [0.5, 0.6) is 0 Å². The molecule has 11 heteroatoms. The molecule has 0 bridgehead atoms. The summed E-state index contributed by atoms with van der Waals surface area (Å²) < 4.78 is 64.0. The summed E-state index contributed by atoms with van der Waals surface area (Å²) in [7, 11) is 1.13. The molecule has 7 nitrogen and oxygen atoms in total. The number of alkyl halides is 3. The van der Waals surface area contributed by atoms with Crippen molar-refractivity contribution in [3.05, 3.63) is 29.3 Å². The van der Waals surface area contributed by atoms with Crippen LogP contribution in [0.25, 0.3) is 0 Å². The van der Waals surface area contributed by atoms with Gasteiger partial charge in [0.2, 0.25) is 0 Å². The summed E-state index contributed by atoms with van der Waals surface area (Å²) in [4.78, 5) is 11.3. The molecule has 0 atom stereocenters. The molecule has 0 aliphatic carbocycles. The monoisotopic (exact) mass is 368 g/mol. The van der Waals surface area contributed by atoms with Crippen LogP contribution < -0.4 is 4.48 Å². The fourth-order valence-electron chi connectivity index (χ4n) is 1.46. The van der Waals surface area contributed by atoms with Crippen molar-refractivity contribution in [2.45, 2.75) is 5.51 Å². The summed E-state index contributed by atoms with van der Waals surface area (Å²) in [5.41, 5.74) is -3.88. The smallest absolute Gasteiger partial charge is 0.485 e. The highest BCUT2D eigenvalue weighted by molar-refractivity contribution is 7.86. The Morgan fingerprint density at radius 1 is 1.29 bits per heavy atom. The second-order valence-corrected chi connectivity index (χ2v) is 6.62. The van der Waals surface area contributed by atoms with Gasteiger partial charge in [0.1, 0.15) is 17.3 Å². The van der Waals surface area contributed by atoms with E-state index in [0.717, 1.165) is 5.69 Å². The molecular weight excluding hydrogens is 353 g/mol. The largest absolute Gasteiger partial charge is 0.741 e. The minimum absolute atomic E-state index is 0.399. The van der Waals surface area contributed by atoms with Crippen molar-refractivity contribution in [2.75, 3.05) is 28.3 Å². The average molecular weight is 368 g/mol. The molecule has 0 saturated heterocycles. The van der Waals surface area contributed by atoms with E-state index in [2.05, 4.69) is 10.8 Å². The highest BCUT2D eigenvalue weighted by Gasteiger charge is 2.36. The summed E-state index contributed by atoms with van der Waals surface area (Å²) in [6.07, 6.45) is 0. The number of benzene rings is 1. The van der Waals surface area contributed by atoms with Gasteiger partial charge in [0.05, 0.1) is 33.8 Å². The molecule has 0 fully saturated rings. The summed E-state index contributed by atoms with van der Waals surface area (Å²) in [6, 6.07) is 7.11. The normalized spacial score (nSPS) is 11.8. The zero-order valence-corrected chi connectivity index (χ0v) is 14.0. The Kier molecular flexibility index (Phi) is 6.92. The molecule has 0 saturated carbocycles. The third kappa shape index (κ3) is 6.15. The lowest BCUT2D eigenvalue weighted by Crippen LogP contribution is -2.35. The number of quaternary nitrogens is 1. The summed E-state index contributed by atoms with van der Waals surface area (Å²) in [5, 5.41) is 9.05. The number of rotatable bonds is 2. The molecule has 0 unspecified atom stereocenters. The predicted octanol–water partition coefficient (Wildman–Crippen LogP) is 1.59. The van der Waals surface area contributed by atoms with Gasteiger partial charge in [0.15, 0.2) is 10.1 Å². The quantitative estimate of drug-likeness (QED) is 0.340. The van der Waals surface area contributed by atoms with Gasteiger partial charge in [-0.25, -0.2) is 13.2 Å². The van der Waals surface area contributed by atoms with Crippen molar-refractivity contribution >= 4 is 21.8 Å². The maximum atomic E-state index is 11.3. The standard InChI is InChI=1S/C12H15N2O2.CHF3O3S/c1-14(2,3)11-6-5-9(12(15)16-4)7-10(11)8-13;2-1(3,4)8(5,6)7/h5-7H,1-4H3;(H,5,6,7)/q+1;/p-1. The third-order valence-electron chi connectivity index (χ3n) is 2.54. The number of methoxy groups -OCH3 is 1. The van der Waals surface area contributed by atoms with E-state index in [0.29, 0.717) is 15.6 Å². The SMILES string of the molecule is COC(=O)c1ccc([N+](C)(C)C)c(C#N)c1.O=S(=O)([O-])C(F)(F)F. The van der Waals surface area contributed by atoms with Crippen molar-refractivity contribution in [2.24, 2.45) is 0 Å². The predicted molar refractivity (Wildman–Crippen MR) is 77.8 cm³/mol. The molecule has 0 spiro atoms. The Hall–Kier alpha value is -2.16. The van der Waals surface area contributed by atoms with Gasteiger partial charge in [0, 0.05) is 6.07 Å². The van der Waals surface area contributed by atoms with Crippen LogP contribution in [0.4, 0.5) is 18.9 Å². The summed E-state index contributed by atoms with van der Waals surface area (Å²) >= 11 is 0. The van der Waals surface area contributed by atoms with Crippen LogP contribution in [0.3, 0.4) is 0 Å². The van der Waals surface area contributed by atoms with E-state index in [1.54, 1.807) is 18.2 Å². The van der Waals surface area contributed by atoms with E-state index >= 15 is 0 Å². The fourth-order valence-corrected chi connectivity index (χ4v) is 1.46. The second-order valence-electron chi connectivity index (χ2n) is 5.25. The van der Waals surface area contributed by atoms with Crippen molar-refractivity contribution in [1.82, 2.24) is 4.48 Å². The number of hydrogen-bond donors (Lipinski definition) is 0. The topological polar surface area (TPSA) is 107 Å². The van der Waals surface area contributed by atoms with Gasteiger partial charge in [0.25, 0.3) is 0 Å². The number of carbonyl (C=O) groups is 1. The molecule has 1 aromatic rings. The third-order valence-corrected chi connectivity index (χ3v) is 3.11. The minimum atomic E-state index is -6.09. The average Bonchev–Trinajstić information content (AvgIpc) is 2.43. The molecule has 0 aliphatic rings. The first-order valence-corrected chi connectivity index (χ1v) is 7.52. The first-order chi connectivity index (χ1) is 10.6. The van der Waals surface area contributed by atoms with Crippen LogP contribution >= 0.6 is 0 Å². The van der Waals surface area contributed by atoms with Gasteiger partial charge in [-0.3, -0.25) is 4.48 Å². The van der Waals surface area contributed by atoms with E-state index in [4.69, 9.17) is 18.2 Å². The van der Waals surface area contributed by atoms with Gasteiger partial charge < -0.3 is 9.29 Å². The van der Waals surface area contributed by atoms with Crippen LogP contribution in [0.1, 0.15) is 15.9 Å². The maximum Gasteiger partial charge on any atom is 0.485 e. The fraction of sp³-hybridized carbons (Fsp3) is 0.385. The molecule has 0 amide bonds. The molecule has 1 rings (SSSR count). The Balaban J connectivity index is 0.000000561. The highest BCUT2D eigenvalue weighted by Crippen LogP contribution is 2.23. The van der Waals surface area contributed by atoms with Gasteiger partial charge in [-0.15, -0.1) is 0 Å². The van der Waals surface area contributed by atoms with Crippen LogP contribution in [0.15, 0.2) is 18.2 Å². The Morgan fingerprint density at radius 3 is 2.04 bits per heavy atom. The second kappa shape index (κ2) is 7.61. The zero-order chi connectivity index (χ0) is 19.3. The highest BCUT2D eigenvalue weighted by atomic mass is 32.2. The minimum Gasteiger partial charge on any atom is -0.741 e. The molecule has 0 heterocycles. The molecule has 24 heavy (non-hydrogen) atoms. The van der Waals surface area contributed by atoms with Crippen molar-refractivity contribution in [3.8, 4) is 6.07 Å². The summed E-state index contributed by atoms with van der Waals surface area (Å²) in [6.45, 7) is 0. The number of esters is 1. The number of hydrogen-bond acceptors (Lipinski definition) is 6. The van der Waals surface area contributed by atoms with Crippen LogP contribution in [-0.4, -0.2) is 52.7 Å². The van der Waals surface area contributed by atoms with Crippen molar-refractivity contribution in [1.29, 1.82) is 5.26 Å². The van der Waals surface area contributed by atoms with Gasteiger partial charge in [-0.1, -0.05) is 0 Å². The number of halogens is 3. The number of ether oxygens (including phenoxy) is 1. The first kappa shape index (κ1) is 21.8. The van der Waals surface area contributed by atoms with Gasteiger partial charge >= 0.3 is 11.5 Å². The van der Waals surface area contributed by atoms with Crippen molar-refractivity contribution in [3.63, 3.8) is 0 Å². The Labute approximate surface area is 137 Å². The zero-order valence-electron chi connectivity index (χ0n) is 13.2. The van der Waals surface area contributed by atoms with Crippen LogP contribution in [-0.2, 0) is 14.9 Å². The molecular formula is C13H15F3N2O5S. The molecule has 1 aromatic carbocycles. The van der Waals surface area contributed by atoms with E-state index in [1.165, 1.54) is 7.11 Å². The molecule has 0 aliphatic heterocycles. The van der Waals surface area contributed by atoms with Gasteiger partial charge in [-0.2, -0.15) is 18.4 Å². The van der Waals surface area contributed by atoms with Gasteiger partial charge in [-0.05, 0) is 12.1 Å². The Morgan fingerprint density at radius 2 is 1.75 bits per heavy atom. The lowest BCUT2D eigenvalue weighted by atomic mass is 10.1. The molecule has 0 radical (unpaired) electrons. The number of nitriles is 1. The summed E-state index contributed by atoms with van der Waals surface area (Å²) in [5.74, 6) is -0.426. The lowest BCUT2D eigenvalue weighted by Gasteiger charge is -2.24. The van der Waals surface area contributed by atoms with Crippen LogP contribution in [0.2, 0.25) is 0 Å². The Bertz CT molecular complexity index is 746. The molecule has 134 valence electrons. The maximum absolute atomic E-state index is 11.3. The number of carbonyl (C=O) groups excluding carboxylic acids is 1. The molecule has 0 aromatic heterocycles. The van der Waals surface area contributed by atoms with Crippen molar-refractivity contribution < 1.29 is 35.7 Å².